The number of esters is 1. The summed E-state index contributed by atoms with van der Waals surface area (Å²) in [5, 5.41) is 0. The third kappa shape index (κ3) is 3.57. The highest BCUT2D eigenvalue weighted by Gasteiger charge is 2.30. The van der Waals surface area contributed by atoms with Crippen molar-refractivity contribution in [2.75, 3.05) is 19.5 Å². The van der Waals surface area contributed by atoms with Gasteiger partial charge in [-0.1, -0.05) is 30.3 Å². The van der Waals surface area contributed by atoms with Crippen molar-refractivity contribution in [3.8, 4) is 0 Å². The topological polar surface area (TPSA) is 35.5 Å². The minimum absolute atomic E-state index is 0.115. The fraction of sp³-hybridized carbons (Fsp3) is 0.278. The molecular formula is C18H17FO3S. The molecule has 0 spiro atoms. The fourth-order valence-corrected chi connectivity index (χ4v) is 3.81. The largest absolute Gasteiger partial charge is 0.462 e. The SMILES string of the molecule is COC(COC(=O)C1CSc2ccccc21)c1ccc(F)cc1. The summed E-state index contributed by atoms with van der Waals surface area (Å²) >= 11 is 1.67. The zero-order valence-electron chi connectivity index (χ0n) is 12.7. The Morgan fingerprint density at radius 3 is 2.74 bits per heavy atom. The van der Waals surface area contributed by atoms with E-state index in [0.717, 1.165) is 16.0 Å². The molecule has 3 nitrogen and oxygen atoms in total. The van der Waals surface area contributed by atoms with Gasteiger partial charge in [0.05, 0.1) is 5.92 Å². The monoisotopic (exact) mass is 332 g/mol. The van der Waals surface area contributed by atoms with Crippen LogP contribution in [0.1, 0.15) is 23.1 Å². The van der Waals surface area contributed by atoms with Crippen molar-refractivity contribution in [3.05, 3.63) is 65.5 Å². The first-order valence-electron chi connectivity index (χ1n) is 7.35. The number of hydrogen-bond acceptors (Lipinski definition) is 4. The van der Waals surface area contributed by atoms with Crippen molar-refractivity contribution in [3.63, 3.8) is 0 Å². The van der Waals surface area contributed by atoms with Gasteiger partial charge in [-0.2, -0.15) is 0 Å². The molecule has 1 heterocycles. The first-order chi connectivity index (χ1) is 11.2. The Labute approximate surface area is 138 Å². The molecule has 1 aliphatic heterocycles. The summed E-state index contributed by atoms with van der Waals surface area (Å²) in [7, 11) is 1.54. The van der Waals surface area contributed by atoms with E-state index in [1.54, 1.807) is 31.0 Å². The Morgan fingerprint density at radius 2 is 2.00 bits per heavy atom. The molecule has 0 bridgehead atoms. The quantitative estimate of drug-likeness (QED) is 0.777. The van der Waals surface area contributed by atoms with Crippen LogP contribution in [0.2, 0.25) is 0 Å². The maximum absolute atomic E-state index is 13.0. The summed E-state index contributed by atoms with van der Waals surface area (Å²) in [6.07, 6.45) is -0.399. The molecular weight excluding hydrogens is 315 g/mol. The highest BCUT2D eigenvalue weighted by atomic mass is 32.2. The molecule has 0 radical (unpaired) electrons. The summed E-state index contributed by atoms with van der Waals surface area (Å²) < 4.78 is 23.8. The van der Waals surface area contributed by atoms with Gasteiger partial charge in [-0.3, -0.25) is 4.79 Å². The van der Waals surface area contributed by atoms with Gasteiger partial charge in [0.15, 0.2) is 0 Å². The zero-order chi connectivity index (χ0) is 16.2. The molecule has 0 saturated carbocycles. The molecule has 0 amide bonds. The number of halogens is 1. The van der Waals surface area contributed by atoms with Gasteiger partial charge >= 0.3 is 5.97 Å². The third-order valence-electron chi connectivity index (χ3n) is 3.89. The summed E-state index contributed by atoms with van der Waals surface area (Å²) in [5.74, 6) is -0.0828. The van der Waals surface area contributed by atoms with Crippen LogP contribution in [0.25, 0.3) is 0 Å². The van der Waals surface area contributed by atoms with Crippen LogP contribution < -0.4 is 0 Å². The second-order valence-electron chi connectivity index (χ2n) is 5.31. The van der Waals surface area contributed by atoms with Crippen LogP contribution in [0.15, 0.2) is 53.4 Å². The van der Waals surface area contributed by atoms with Crippen LogP contribution in [0.5, 0.6) is 0 Å². The summed E-state index contributed by atoms with van der Waals surface area (Å²) in [5.41, 5.74) is 1.81. The standard InChI is InChI=1S/C18H17FO3S/c1-21-16(12-6-8-13(19)9-7-12)10-22-18(20)15-11-23-17-5-3-2-4-14(15)17/h2-9,15-16H,10-11H2,1H3. The molecule has 1 aliphatic rings. The van der Waals surface area contributed by atoms with E-state index < -0.39 is 6.10 Å². The lowest BCUT2D eigenvalue weighted by molar-refractivity contribution is -0.148. The van der Waals surface area contributed by atoms with Crippen molar-refractivity contribution in [1.82, 2.24) is 0 Å². The van der Waals surface area contributed by atoms with Crippen LogP contribution in [0.4, 0.5) is 4.39 Å². The van der Waals surface area contributed by atoms with Crippen LogP contribution in [-0.4, -0.2) is 25.4 Å². The number of carbonyl (C=O) groups is 1. The predicted octanol–water partition coefficient (Wildman–Crippen LogP) is 3.95. The van der Waals surface area contributed by atoms with Crippen LogP contribution in [-0.2, 0) is 14.3 Å². The molecule has 0 aliphatic carbocycles. The maximum Gasteiger partial charge on any atom is 0.314 e. The van der Waals surface area contributed by atoms with E-state index in [-0.39, 0.29) is 24.3 Å². The molecule has 2 unspecified atom stereocenters. The number of hydrogen-bond donors (Lipinski definition) is 0. The Balaban J connectivity index is 1.63. The third-order valence-corrected chi connectivity index (χ3v) is 5.07. The normalized spacial score (nSPS) is 17.6. The second kappa shape index (κ2) is 7.15. The van der Waals surface area contributed by atoms with Crippen molar-refractivity contribution in [2.45, 2.75) is 16.9 Å². The Bertz CT molecular complexity index is 687. The number of methoxy groups -OCH3 is 1. The highest BCUT2D eigenvalue weighted by molar-refractivity contribution is 7.99. The summed E-state index contributed by atoms with van der Waals surface area (Å²) in [4.78, 5) is 13.5. The molecule has 0 saturated heterocycles. The minimum Gasteiger partial charge on any atom is -0.462 e. The number of fused-ring (bicyclic) bond motifs is 1. The summed E-state index contributed by atoms with van der Waals surface area (Å²) in [6, 6.07) is 13.9. The average Bonchev–Trinajstić information content (AvgIpc) is 3.01. The molecule has 0 aromatic heterocycles. The van der Waals surface area contributed by atoms with E-state index in [1.165, 1.54) is 12.1 Å². The maximum atomic E-state index is 13.0. The first-order valence-corrected chi connectivity index (χ1v) is 8.34. The van der Waals surface area contributed by atoms with Gasteiger partial charge in [-0.15, -0.1) is 11.8 Å². The molecule has 3 rings (SSSR count). The predicted molar refractivity (Wildman–Crippen MR) is 87.0 cm³/mol. The lowest BCUT2D eigenvalue weighted by Gasteiger charge is -2.17. The number of ether oxygens (including phenoxy) is 2. The van der Waals surface area contributed by atoms with Crippen molar-refractivity contribution < 1.29 is 18.7 Å². The van der Waals surface area contributed by atoms with Crippen molar-refractivity contribution >= 4 is 17.7 Å². The highest BCUT2D eigenvalue weighted by Crippen LogP contribution is 2.40. The Morgan fingerprint density at radius 1 is 1.26 bits per heavy atom. The van der Waals surface area contributed by atoms with E-state index in [1.807, 2.05) is 24.3 Å². The van der Waals surface area contributed by atoms with Crippen LogP contribution in [0, 0.1) is 5.82 Å². The lowest BCUT2D eigenvalue weighted by Crippen LogP contribution is -2.20. The van der Waals surface area contributed by atoms with E-state index in [9.17, 15) is 9.18 Å². The summed E-state index contributed by atoms with van der Waals surface area (Å²) in [6.45, 7) is 0.115. The van der Waals surface area contributed by atoms with Gasteiger partial charge in [0, 0.05) is 17.8 Å². The molecule has 5 heteroatoms. The molecule has 2 atom stereocenters. The van der Waals surface area contributed by atoms with Gasteiger partial charge in [0.2, 0.25) is 0 Å². The van der Waals surface area contributed by atoms with Crippen molar-refractivity contribution in [1.29, 1.82) is 0 Å². The minimum atomic E-state index is -0.399. The van der Waals surface area contributed by atoms with Gasteiger partial charge in [0.25, 0.3) is 0 Å². The molecule has 2 aromatic carbocycles. The van der Waals surface area contributed by atoms with Crippen LogP contribution >= 0.6 is 11.8 Å². The molecule has 2 aromatic rings. The zero-order valence-corrected chi connectivity index (χ0v) is 13.5. The smallest absolute Gasteiger partial charge is 0.314 e. The molecule has 0 N–H and O–H groups in total. The second-order valence-corrected chi connectivity index (χ2v) is 6.37. The van der Waals surface area contributed by atoms with Crippen molar-refractivity contribution in [2.24, 2.45) is 0 Å². The number of carbonyl (C=O) groups excluding carboxylic acids is 1. The van der Waals surface area contributed by atoms with Gasteiger partial charge in [-0.05, 0) is 29.3 Å². The molecule has 120 valence electrons. The van der Waals surface area contributed by atoms with E-state index in [2.05, 4.69) is 0 Å². The Hall–Kier alpha value is -1.85. The number of benzene rings is 2. The Kier molecular flexibility index (Phi) is 4.98. The molecule has 0 fully saturated rings. The van der Waals surface area contributed by atoms with Gasteiger partial charge in [0.1, 0.15) is 18.5 Å². The number of thioether (sulfide) groups is 1. The van der Waals surface area contributed by atoms with E-state index in [0.29, 0.717) is 5.75 Å². The number of rotatable bonds is 5. The fourth-order valence-electron chi connectivity index (χ4n) is 2.59. The van der Waals surface area contributed by atoms with Crippen LogP contribution in [0.3, 0.4) is 0 Å². The first kappa shape index (κ1) is 16.0. The van der Waals surface area contributed by atoms with E-state index >= 15 is 0 Å². The average molecular weight is 332 g/mol. The van der Waals surface area contributed by atoms with E-state index in [4.69, 9.17) is 9.47 Å². The lowest BCUT2D eigenvalue weighted by atomic mass is 10.0. The molecule has 23 heavy (non-hydrogen) atoms. The van der Waals surface area contributed by atoms with Gasteiger partial charge < -0.3 is 9.47 Å². The van der Waals surface area contributed by atoms with Gasteiger partial charge in [-0.25, -0.2) is 4.39 Å².